The number of rotatable bonds is 7. The zero-order chi connectivity index (χ0) is 18.7. The molecule has 0 radical (unpaired) electrons. The van der Waals surface area contributed by atoms with Gasteiger partial charge in [0.15, 0.2) is 11.5 Å². The van der Waals surface area contributed by atoms with Gasteiger partial charge < -0.3 is 18.8 Å². The second-order valence-electron chi connectivity index (χ2n) is 6.74. The first kappa shape index (κ1) is 18.1. The van der Waals surface area contributed by atoms with Crippen molar-refractivity contribution in [2.75, 3.05) is 21.3 Å². The van der Waals surface area contributed by atoms with E-state index in [2.05, 4.69) is 6.92 Å². The number of para-hydroxylation sites is 1. The number of furan rings is 1. The minimum Gasteiger partial charge on any atom is -0.493 e. The van der Waals surface area contributed by atoms with Gasteiger partial charge in [-0.05, 0) is 36.6 Å². The molecular formula is C21H25NO4. The van der Waals surface area contributed by atoms with E-state index in [0.717, 1.165) is 11.3 Å². The van der Waals surface area contributed by atoms with Gasteiger partial charge in [0.2, 0.25) is 5.91 Å². The standard InChI is InChI=1S/C21H25NO4/c1-14-12-17(14)18-10-8-16(26-18)9-11-20(23)22(2)13-15-6-5-7-19(24-3)21(15)25-4/h5-11,14,17H,12-13H2,1-4H3/b11-9+/t14-,17+/m1/s1. The number of carbonyl (C=O) groups excluding carboxylic acids is 1. The Morgan fingerprint density at radius 1 is 1.27 bits per heavy atom. The van der Waals surface area contributed by atoms with Crippen LogP contribution in [0.2, 0.25) is 0 Å². The number of carbonyl (C=O) groups is 1. The molecule has 5 heteroatoms. The maximum Gasteiger partial charge on any atom is 0.246 e. The van der Waals surface area contributed by atoms with Crippen LogP contribution < -0.4 is 9.47 Å². The monoisotopic (exact) mass is 355 g/mol. The minimum atomic E-state index is -0.104. The molecule has 2 atom stereocenters. The van der Waals surface area contributed by atoms with E-state index < -0.39 is 0 Å². The van der Waals surface area contributed by atoms with Crippen LogP contribution in [0.15, 0.2) is 40.8 Å². The number of amides is 1. The number of nitrogens with zero attached hydrogens (tertiary/aromatic N) is 1. The van der Waals surface area contributed by atoms with Crippen LogP contribution in [0.1, 0.15) is 36.3 Å². The van der Waals surface area contributed by atoms with Gasteiger partial charge in [0.25, 0.3) is 0 Å². The third-order valence-corrected chi connectivity index (χ3v) is 4.78. The number of hydrogen-bond acceptors (Lipinski definition) is 4. The summed E-state index contributed by atoms with van der Waals surface area (Å²) >= 11 is 0. The van der Waals surface area contributed by atoms with E-state index in [4.69, 9.17) is 13.9 Å². The maximum atomic E-state index is 12.4. The molecule has 1 aliphatic carbocycles. The molecule has 1 saturated carbocycles. The Balaban J connectivity index is 1.64. The summed E-state index contributed by atoms with van der Waals surface area (Å²) in [6.45, 7) is 2.64. The molecule has 1 aliphatic rings. The Morgan fingerprint density at radius 3 is 2.69 bits per heavy atom. The zero-order valence-corrected chi connectivity index (χ0v) is 15.7. The predicted molar refractivity (Wildman–Crippen MR) is 100 cm³/mol. The van der Waals surface area contributed by atoms with Crippen molar-refractivity contribution in [3.8, 4) is 11.5 Å². The highest BCUT2D eigenvalue weighted by Gasteiger charge is 2.36. The fourth-order valence-electron chi connectivity index (χ4n) is 3.07. The fraction of sp³-hybridized carbons (Fsp3) is 0.381. The maximum absolute atomic E-state index is 12.4. The predicted octanol–water partition coefficient (Wildman–Crippen LogP) is 4.09. The molecule has 0 unspecified atom stereocenters. The highest BCUT2D eigenvalue weighted by atomic mass is 16.5. The van der Waals surface area contributed by atoms with E-state index in [1.807, 2.05) is 30.3 Å². The second kappa shape index (κ2) is 7.68. The average molecular weight is 355 g/mol. The van der Waals surface area contributed by atoms with E-state index in [0.29, 0.717) is 35.6 Å². The molecule has 0 spiro atoms. The van der Waals surface area contributed by atoms with E-state index in [1.165, 1.54) is 12.5 Å². The van der Waals surface area contributed by atoms with Crippen LogP contribution in [0, 0.1) is 5.92 Å². The van der Waals surface area contributed by atoms with Gasteiger partial charge in [0.1, 0.15) is 11.5 Å². The van der Waals surface area contributed by atoms with Crippen LogP contribution in [0.5, 0.6) is 11.5 Å². The van der Waals surface area contributed by atoms with Crippen molar-refractivity contribution in [1.29, 1.82) is 0 Å². The van der Waals surface area contributed by atoms with Gasteiger partial charge in [-0.15, -0.1) is 0 Å². The van der Waals surface area contributed by atoms with Gasteiger partial charge >= 0.3 is 0 Å². The highest BCUT2D eigenvalue weighted by Crippen LogP contribution is 2.47. The normalized spacial score (nSPS) is 18.8. The smallest absolute Gasteiger partial charge is 0.246 e. The van der Waals surface area contributed by atoms with Crippen LogP contribution in [-0.4, -0.2) is 32.1 Å². The third-order valence-electron chi connectivity index (χ3n) is 4.78. The Kier molecular flexibility index (Phi) is 5.35. The minimum absolute atomic E-state index is 0.104. The average Bonchev–Trinajstić information content (AvgIpc) is 3.19. The third kappa shape index (κ3) is 3.93. The Bertz CT molecular complexity index is 808. The van der Waals surface area contributed by atoms with Crippen LogP contribution in [-0.2, 0) is 11.3 Å². The molecule has 1 heterocycles. The summed E-state index contributed by atoms with van der Waals surface area (Å²) in [7, 11) is 4.95. The molecule has 0 saturated heterocycles. The number of benzene rings is 1. The Morgan fingerprint density at radius 2 is 2.04 bits per heavy atom. The first-order valence-electron chi connectivity index (χ1n) is 8.76. The fourth-order valence-corrected chi connectivity index (χ4v) is 3.07. The van der Waals surface area contributed by atoms with Crippen LogP contribution in [0.3, 0.4) is 0 Å². The van der Waals surface area contributed by atoms with Gasteiger partial charge in [-0.3, -0.25) is 4.79 Å². The van der Waals surface area contributed by atoms with Gasteiger partial charge in [0, 0.05) is 31.1 Å². The summed E-state index contributed by atoms with van der Waals surface area (Å²) in [6, 6.07) is 9.55. The lowest BCUT2D eigenvalue weighted by Gasteiger charge is -2.18. The molecule has 3 rings (SSSR count). The number of likely N-dealkylation sites (N-methyl/N-ethyl adjacent to an activating group) is 1. The van der Waals surface area contributed by atoms with Gasteiger partial charge in [0.05, 0.1) is 14.2 Å². The van der Waals surface area contributed by atoms with Crippen LogP contribution >= 0.6 is 0 Å². The lowest BCUT2D eigenvalue weighted by molar-refractivity contribution is -0.125. The molecule has 1 fully saturated rings. The highest BCUT2D eigenvalue weighted by molar-refractivity contribution is 5.91. The Labute approximate surface area is 154 Å². The lowest BCUT2D eigenvalue weighted by atomic mass is 10.1. The van der Waals surface area contributed by atoms with E-state index >= 15 is 0 Å². The van der Waals surface area contributed by atoms with Crippen molar-refractivity contribution in [3.63, 3.8) is 0 Å². The van der Waals surface area contributed by atoms with Crippen molar-refractivity contribution in [2.45, 2.75) is 25.8 Å². The van der Waals surface area contributed by atoms with Crippen LogP contribution in [0.25, 0.3) is 6.08 Å². The number of hydrogen-bond donors (Lipinski definition) is 0. The van der Waals surface area contributed by atoms with Crippen molar-refractivity contribution in [3.05, 3.63) is 53.5 Å². The Hall–Kier alpha value is -2.69. The molecule has 2 aromatic rings. The molecule has 1 aromatic heterocycles. The molecule has 0 N–H and O–H groups in total. The van der Waals surface area contributed by atoms with E-state index in [1.54, 1.807) is 32.2 Å². The summed E-state index contributed by atoms with van der Waals surface area (Å²) in [5.41, 5.74) is 0.888. The first-order chi connectivity index (χ1) is 12.5. The summed E-state index contributed by atoms with van der Waals surface area (Å²) in [5.74, 6) is 4.15. The molecular weight excluding hydrogens is 330 g/mol. The molecule has 1 aromatic carbocycles. The molecule has 26 heavy (non-hydrogen) atoms. The number of methoxy groups -OCH3 is 2. The first-order valence-corrected chi connectivity index (χ1v) is 8.76. The largest absolute Gasteiger partial charge is 0.493 e. The lowest BCUT2D eigenvalue weighted by Crippen LogP contribution is -2.24. The SMILES string of the molecule is COc1cccc(CN(C)C(=O)/C=C/c2ccc([C@H]3C[C@H]3C)o2)c1OC. The molecule has 0 aliphatic heterocycles. The van der Waals surface area contributed by atoms with Crippen LogP contribution in [0.4, 0.5) is 0 Å². The molecule has 138 valence electrons. The van der Waals surface area contributed by atoms with Crippen molar-refractivity contribution < 1.29 is 18.7 Å². The zero-order valence-electron chi connectivity index (χ0n) is 15.7. The van der Waals surface area contributed by atoms with Gasteiger partial charge in [-0.2, -0.15) is 0 Å². The summed E-state index contributed by atoms with van der Waals surface area (Å²) in [5, 5.41) is 0. The molecule has 0 bridgehead atoms. The quantitative estimate of drug-likeness (QED) is 0.702. The van der Waals surface area contributed by atoms with E-state index in [9.17, 15) is 4.79 Å². The summed E-state index contributed by atoms with van der Waals surface area (Å²) in [4.78, 5) is 14.0. The summed E-state index contributed by atoms with van der Waals surface area (Å²) < 4.78 is 16.5. The number of ether oxygens (including phenoxy) is 2. The molecule has 1 amide bonds. The summed E-state index contributed by atoms with van der Waals surface area (Å²) in [6.07, 6.45) is 4.44. The van der Waals surface area contributed by atoms with Gasteiger partial charge in [-0.1, -0.05) is 19.1 Å². The second-order valence-corrected chi connectivity index (χ2v) is 6.74. The topological polar surface area (TPSA) is 51.9 Å². The van der Waals surface area contributed by atoms with E-state index in [-0.39, 0.29) is 5.91 Å². The van der Waals surface area contributed by atoms with Gasteiger partial charge in [-0.25, -0.2) is 0 Å². The van der Waals surface area contributed by atoms with Crippen molar-refractivity contribution >= 4 is 12.0 Å². The van der Waals surface area contributed by atoms with Crippen molar-refractivity contribution in [2.24, 2.45) is 5.92 Å². The van der Waals surface area contributed by atoms with Crippen molar-refractivity contribution in [1.82, 2.24) is 4.90 Å². The molecule has 5 nitrogen and oxygen atoms in total.